The third-order valence-electron chi connectivity index (χ3n) is 2.30. The number of pyridine rings is 1. The summed E-state index contributed by atoms with van der Waals surface area (Å²) >= 11 is 8.94. The van der Waals surface area contributed by atoms with E-state index in [-0.39, 0.29) is 0 Å². The van der Waals surface area contributed by atoms with Crippen LogP contribution in [-0.4, -0.2) is 13.4 Å². The standard InChI is InChI=1S/C13H10BrClN2O2S/c14-13-6-5-12(9-16-13)17-20(18,19)8-7-10-1-3-11(15)4-2-10/h1-9,17H/b8-7+. The molecule has 0 saturated heterocycles. The summed E-state index contributed by atoms with van der Waals surface area (Å²) in [4.78, 5) is 3.94. The maximum atomic E-state index is 11.9. The molecule has 0 atom stereocenters. The minimum atomic E-state index is -3.57. The fraction of sp³-hybridized carbons (Fsp3) is 0. The lowest BCUT2D eigenvalue weighted by Gasteiger charge is -2.03. The highest BCUT2D eigenvalue weighted by atomic mass is 79.9. The van der Waals surface area contributed by atoms with Crippen LogP contribution in [0.3, 0.4) is 0 Å². The first-order valence-corrected chi connectivity index (χ1v) is 8.24. The van der Waals surface area contributed by atoms with Gasteiger partial charge in [-0.05, 0) is 51.8 Å². The first kappa shape index (κ1) is 15.0. The molecule has 1 aromatic heterocycles. The van der Waals surface area contributed by atoms with Crippen LogP contribution in [-0.2, 0) is 10.0 Å². The molecule has 0 amide bonds. The second-order valence-electron chi connectivity index (χ2n) is 3.87. The molecule has 0 aliphatic rings. The fourth-order valence-electron chi connectivity index (χ4n) is 1.38. The normalized spacial score (nSPS) is 11.7. The Morgan fingerprint density at radius 1 is 1.15 bits per heavy atom. The molecule has 104 valence electrons. The van der Waals surface area contributed by atoms with Crippen molar-refractivity contribution in [3.05, 3.63) is 63.2 Å². The van der Waals surface area contributed by atoms with Gasteiger partial charge in [0.05, 0.1) is 17.3 Å². The molecule has 0 unspecified atom stereocenters. The lowest BCUT2D eigenvalue weighted by atomic mass is 10.2. The van der Waals surface area contributed by atoms with Crippen molar-refractivity contribution in [2.24, 2.45) is 0 Å². The summed E-state index contributed by atoms with van der Waals surface area (Å²) in [5.74, 6) is 0. The van der Waals surface area contributed by atoms with Gasteiger partial charge >= 0.3 is 0 Å². The second-order valence-corrected chi connectivity index (χ2v) is 6.69. The number of nitrogens with one attached hydrogen (secondary N) is 1. The molecule has 0 fully saturated rings. The molecule has 20 heavy (non-hydrogen) atoms. The highest BCUT2D eigenvalue weighted by Gasteiger charge is 2.05. The number of sulfonamides is 1. The van der Waals surface area contributed by atoms with Crippen molar-refractivity contribution in [2.75, 3.05) is 4.72 Å². The smallest absolute Gasteiger partial charge is 0.255 e. The van der Waals surface area contributed by atoms with Crippen LogP contribution in [0, 0.1) is 0 Å². The van der Waals surface area contributed by atoms with Crippen LogP contribution in [0.25, 0.3) is 6.08 Å². The number of nitrogens with zero attached hydrogens (tertiary/aromatic N) is 1. The summed E-state index contributed by atoms with van der Waals surface area (Å²) < 4.78 is 26.8. The molecule has 0 aliphatic carbocycles. The van der Waals surface area contributed by atoms with E-state index in [1.807, 2.05) is 0 Å². The van der Waals surface area contributed by atoms with Gasteiger partial charge in [0.1, 0.15) is 4.60 Å². The van der Waals surface area contributed by atoms with Gasteiger partial charge in [0, 0.05) is 5.02 Å². The van der Waals surface area contributed by atoms with Gasteiger partial charge in [-0.1, -0.05) is 23.7 Å². The number of hydrogen-bond donors (Lipinski definition) is 1. The Kier molecular flexibility index (Phi) is 4.80. The van der Waals surface area contributed by atoms with Crippen LogP contribution in [0.15, 0.2) is 52.6 Å². The predicted molar refractivity (Wildman–Crippen MR) is 85.0 cm³/mol. The lowest BCUT2D eigenvalue weighted by Crippen LogP contribution is -2.08. The molecule has 4 nitrogen and oxygen atoms in total. The Bertz CT molecular complexity index is 713. The Morgan fingerprint density at radius 3 is 2.45 bits per heavy atom. The van der Waals surface area contributed by atoms with Crippen LogP contribution in [0.5, 0.6) is 0 Å². The topological polar surface area (TPSA) is 59.1 Å². The van der Waals surface area contributed by atoms with Gasteiger partial charge in [-0.25, -0.2) is 13.4 Å². The number of halogens is 2. The summed E-state index contributed by atoms with van der Waals surface area (Å²) in [5.41, 5.74) is 1.14. The van der Waals surface area contributed by atoms with E-state index in [0.29, 0.717) is 15.3 Å². The van der Waals surface area contributed by atoms with Gasteiger partial charge in [0.25, 0.3) is 10.0 Å². The quantitative estimate of drug-likeness (QED) is 0.827. The van der Waals surface area contributed by atoms with Crippen molar-refractivity contribution < 1.29 is 8.42 Å². The molecule has 1 N–H and O–H groups in total. The predicted octanol–water partition coefficient (Wildman–Crippen LogP) is 3.91. The van der Waals surface area contributed by atoms with E-state index in [2.05, 4.69) is 25.6 Å². The zero-order valence-electron chi connectivity index (χ0n) is 10.1. The molecule has 1 aromatic carbocycles. The summed E-state index contributed by atoms with van der Waals surface area (Å²) in [6, 6.07) is 10.1. The summed E-state index contributed by atoms with van der Waals surface area (Å²) in [5, 5.41) is 1.70. The zero-order chi connectivity index (χ0) is 14.6. The third-order valence-corrected chi connectivity index (χ3v) is 4.03. The van der Waals surface area contributed by atoms with Gasteiger partial charge in [0.2, 0.25) is 0 Å². The van der Waals surface area contributed by atoms with Crippen LogP contribution in [0.1, 0.15) is 5.56 Å². The number of aromatic nitrogens is 1. The molecule has 7 heteroatoms. The highest BCUT2D eigenvalue weighted by Crippen LogP contribution is 2.14. The van der Waals surface area contributed by atoms with E-state index >= 15 is 0 Å². The van der Waals surface area contributed by atoms with Crippen molar-refractivity contribution in [3.63, 3.8) is 0 Å². The Morgan fingerprint density at radius 2 is 1.85 bits per heavy atom. The summed E-state index contributed by atoms with van der Waals surface area (Å²) in [7, 11) is -3.57. The SMILES string of the molecule is O=S(=O)(/C=C/c1ccc(Cl)cc1)Nc1ccc(Br)nc1. The van der Waals surface area contributed by atoms with Gasteiger partial charge in [-0.2, -0.15) is 0 Å². The van der Waals surface area contributed by atoms with Crippen LogP contribution >= 0.6 is 27.5 Å². The lowest BCUT2D eigenvalue weighted by molar-refractivity contribution is 0.609. The van der Waals surface area contributed by atoms with Gasteiger partial charge in [0.15, 0.2) is 0 Å². The largest absolute Gasteiger partial charge is 0.279 e. The molecule has 0 bridgehead atoms. The van der Waals surface area contributed by atoms with Gasteiger partial charge in [-0.3, -0.25) is 4.72 Å². The third kappa shape index (κ3) is 4.63. The van der Waals surface area contributed by atoms with Crippen molar-refractivity contribution in [2.45, 2.75) is 0 Å². The molecule has 2 rings (SSSR count). The Hall–Kier alpha value is -1.37. The van der Waals surface area contributed by atoms with Crippen molar-refractivity contribution >= 4 is 49.3 Å². The van der Waals surface area contributed by atoms with E-state index < -0.39 is 10.0 Å². The van der Waals surface area contributed by atoms with E-state index in [9.17, 15) is 8.42 Å². The maximum Gasteiger partial charge on any atom is 0.255 e. The molecule has 0 radical (unpaired) electrons. The molecular weight excluding hydrogens is 364 g/mol. The Labute approximate surface area is 130 Å². The second kappa shape index (κ2) is 6.39. The number of benzene rings is 1. The van der Waals surface area contributed by atoms with Crippen LogP contribution in [0.2, 0.25) is 5.02 Å². The van der Waals surface area contributed by atoms with Crippen LogP contribution in [0.4, 0.5) is 5.69 Å². The molecular formula is C13H10BrClN2O2S. The average Bonchev–Trinajstić information content (AvgIpc) is 2.41. The first-order valence-electron chi connectivity index (χ1n) is 5.53. The van der Waals surface area contributed by atoms with E-state index in [0.717, 1.165) is 11.0 Å². The van der Waals surface area contributed by atoms with Gasteiger partial charge in [-0.15, -0.1) is 0 Å². The van der Waals surface area contributed by atoms with Crippen LogP contribution < -0.4 is 4.72 Å². The number of anilines is 1. The summed E-state index contributed by atoms with van der Waals surface area (Å²) in [6.07, 6.45) is 2.92. The number of hydrogen-bond acceptors (Lipinski definition) is 3. The molecule has 0 saturated carbocycles. The Balaban J connectivity index is 2.11. The van der Waals surface area contributed by atoms with E-state index in [1.165, 1.54) is 12.3 Å². The van der Waals surface area contributed by atoms with E-state index in [4.69, 9.17) is 11.6 Å². The monoisotopic (exact) mass is 372 g/mol. The first-order chi connectivity index (χ1) is 9.44. The zero-order valence-corrected chi connectivity index (χ0v) is 13.3. The maximum absolute atomic E-state index is 11.9. The van der Waals surface area contributed by atoms with Crippen molar-refractivity contribution in [1.29, 1.82) is 0 Å². The number of rotatable bonds is 4. The van der Waals surface area contributed by atoms with Gasteiger partial charge < -0.3 is 0 Å². The highest BCUT2D eigenvalue weighted by molar-refractivity contribution is 9.10. The van der Waals surface area contributed by atoms with Crippen molar-refractivity contribution in [3.8, 4) is 0 Å². The average molecular weight is 374 g/mol. The molecule has 0 aliphatic heterocycles. The minimum absolute atomic E-state index is 0.397. The van der Waals surface area contributed by atoms with Crippen molar-refractivity contribution in [1.82, 2.24) is 4.98 Å². The fourth-order valence-corrected chi connectivity index (χ4v) is 2.59. The summed E-state index contributed by atoms with van der Waals surface area (Å²) in [6.45, 7) is 0. The van der Waals surface area contributed by atoms with E-state index in [1.54, 1.807) is 36.4 Å². The molecule has 0 spiro atoms. The minimum Gasteiger partial charge on any atom is -0.279 e. The molecule has 2 aromatic rings. The molecule has 1 heterocycles.